The number of ketones is 1. The second-order valence-electron chi connectivity index (χ2n) is 4.82. The van der Waals surface area contributed by atoms with Gasteiger partial charge in [-0.15, -0.1) is 0 Å². The van der Waals surface area contributed by atoms with Gasteiger partial charge in [0.05, 0.1) is 22.1 Å². The van der Waals surface area contributed by atoms with Gasteiger partial charge in [-0.1, -0.05) is 0 Å². The molecule has 23 heavy (non-hydrogen) atoms. The second-order valence-corrected chi connectivity index (χ2v) is 6.78. The molecule has 0 spiro atoms. The molecule has 0 amide bonds. The summed E-state index contributed by atoms with van der Waals surface area (Å²) in [5.41, 5.74) is -0.584. The average molecular weight is 335 g/mol. The lowest BCUT2D eigenvalue weighted by molar-refractivity contribution is 0.101. The molecule has 0 unspecified atom stereocenters. The largest absolute Gasteiger partial charge is 0.454 e. The number of benzene rings is 2. The smallest absolute Gasteiger partial charge is 0.186 e. The Morgan fingerprint density at radius 2 is 1.91 bits per heavy atom. The molecular formula is C15H7F2NO4S. The number of carbonyl (C=O) groups is 1. The number of sulfone groups is 1. The molecule has 1 aliphatic heterocycles. The lowest BCUT2D eigenvalue weighted by Crippen LogP contribution is -2.03. The molecule has 0 aromatic heterocycles. The molecule has 0 saturated carbocycles. The molecule has 1 aliphatic rings. The lowest BCUT2D eigenvalue weighted by atomic mass is 10.1. The first-order valence-electron chi connectivity index (χ1n) is 6.29. The van der Waals surface area contributed by atoms with Crippen LogP contribution in [0.2, 0.25) is 0 Å². The maximum atomic E-state index is 14.4. The highest BCUT2D eigenvalue weighted by Gasteiger charge is 2.37. The molecule has 0 radical (unpaired) electrons. The number of rotatable bonds is 2. The molecule has 2 aromatic carbocycles. The third-order valence-electron chi connectivity index (χ3n) is 3.23. The summed E-state index contributed by atoms with van der Waals surface area (Å²) in [5.74, 6) is -4.10. The van der Waals surface area contributed by atoms with E-state index in [-0.39, 0.29) is 16.2 Å². The van der Waals surface area contributed by atoms with Crippen LogP contribution in [0.3, 0.4) is 0 Å². The fourth-order valence-electron chi connectivity index (χ4n) is 2.27. The summed E-state index contributed by atoms with van der Waals surface area (Å²) in [6.45, 7) is 0. The maximum absolute atomic E-state index is 14.4. The van der Waals surface area contributed by atoms with Gasteiger partial charge in [-0.05, 0) is 24.3 Å². The van der Waals surface area contributed by atoms with E-state index in [9.17, 15) is 22.0 Å². The Morgan fingerprint density at radius 1 is 1.17 bits per heavy atom. The Bertz CT molecular complexity index is 993. The summed E-state index contributed by atoms with van der Waals surface area (Å²) in [5, 5.41) is 8.77. The first-order chi connectivity index (χ1) is 10.8. The fourth-order valence-corrected chi connectivity index (χ4v) is 3.71. The zero-order valence-corrected chi connectivity index (χ0v) is 12.2. The van der Waals surface area contributed by atoms with Crippen LogP contribution in [-0.4, -0.2) is 20.0 Å². The predicted molar refractivity (Wildman–Crippen MR) is 74.0 cm³/mol. The standard InChI is InChI=1S/C15H7F2NO4S/c16-9-3-8(6-18)4-10(5-9)22-12-1-2-13-14(15(12)17)11(19)7-23(13,20)21/h1-5H,7H2. The summed E-state index contributed by atoms with van der Waals surface area (Å²) in [6, 6.07) is 6.93. The SMILES string of the molecule is N#Cc1cc(F)cc(Oc2ccc3c(c2F)C(=O)CS3(=O)=O)c1. The van der Waals surface area contributed by atoms with Gasteiger partial charge >= 0.3 is 0 Å². The highest BCUT2D eigenvalue weighted by atomic mass is 32.2. The van der Waals surface area contributed by atoms with Crippen molar-refractivity contribution in [2.45, 2.75) is 4.90 Å². The maximum Gasteiger partial charge on any atom is 0.186 e. The van der Waals surface area contributed by atoms with Crippen molar-refractivity contribution < 1.29 is 26.7 Å². The molecule has 0 atom stereocenters. The zero-order chi connectivity index (χ0) is 16.8. The summed E-state index contributed by atoms with van der Waals surface area (Å²) in [4.78, 5) is 11.3. The number of Topliss-reactive ketones (excluding diaryl/α,β-unsaturated/α-hetero) is 1. The van der Waals surface area contributed by atoms with Gasteiger partial charge in [0.1, 0.15) is 17.3 Å². The highest BCUT2D eigenvalue weighted by molar-refractivity contribution is 7.92. The van der Waals surface area contributed by atoms with Crippen molar-refractivity contribution in [1.82, 2.24) is 0 Å². The van der Waals surface area contributed by atoms with E-state index in [1.165, 1.54) is 6.07 Å². The number of halogens is 2. The topological polar surface area (TPSA) is 84.2 Å². The van der Waals surface area contributed by atoms with Gasteiger partial charge in [-0.2, -0.15) is 5.26 Å². The monoisotopic (exact) mass is 335 g/mol. The molecule has 0 fully saturated rings. The number of nitriles is 1. The molecule has 0 N–H and O–H groups in total. The Labute approximate surface area is 129 Å². The number of nitrogens with zero attached hydrogens (tertiary/aromatic N) is 1. The van der Waals surface area contributed by atoms with E-state index in [1.54, 1.807) is 6.07 Å². The normalized spacial score (nSPS) is 15.1. The van der Waals surface area contributed by atoms with Crippen molar-refractivity contribution in [3.63, 3.8) is 0 Å². The van der Waals surface area contributed by atoms with Crippen LogP contribution in [-0.2, 0) is 9.84 Å². The Hall–Kier alpha value is -2.79. The molecule has 8 heteroatoms. The summed E-state index contributed by atoms with van der Waals surface area (Å²) in [6.07, 6.45) is 0. The molecule has 116 valence electrons. The number of hydrogen-bond donors (Lipinski definition) is 0. The van der Waals surface area contributed by atoms with Crippen LogP contribution in [0.1, 0.15) is 15.9 Å². The van der Waals surface area contributed by atoms with E-state index >= 15 is 0 Å². The van der Waals surface area contributed by atoms with Gasteiger partial charge in [0.2, 0.25) is 0 Å². The van der Waals surface area contributed by atoms with Gasteiger partial charge in [-0.3, -0.25) is 4.79 Å². The van der Waals surface area contributed by atoms with E-state index in [1.807, 2.05) is 0 Å². The van der Waals surface area contributed by atoms with Crippen LogP contribution in [0.15, 0.2) is 35.2 Å². The van der Waals surface area contributed by atoms with Gasteiger partial charge in [0, 0.05) is 6.07 Å². The van der Waals surface area contributed by atoms with Gasteiger partial charge in [0.25, 0.3) is 0 Å². The number of ether oxygens (including phenoxy) is 1. The van der Waals surface area contributed by atoms with Crippen LogP contribution < -0.4 is 4.74 Å². The quantitative estimate of drug-likeness (QED) is 0.842. The lowest BCUT2D eigenvalue weighted by Gasteiger charge is -2.09. The van der Waals surface area contributed by atoms with Crippen molar-refractivity contribution in [3.8, 4) is 17.6 Å². The van der Waals surface area contributed by atoms with Crippen molar-refractivity contribution >= 4 is 15.6 Å². The molecular weight excluding hydrogens is 328 g/mol. The van der Waals surface area contributed by atoms with E-state index in [0.29, 0.717) is 0 Å². The van der Waals surface area contributed by atoms with Gasteiger partial charge < -0.3 is 4.74 Å². The van der Waals surface area contributed by atoms with E-state index in [4.69, 9.17) is 10.00 Å². The van der Waals surface area contributed by atoms with Gasteiger partial charge in [-0.25, -0.2) is 17.2 Å². The molecule has 2 aromatic rings. The van der Waals surface area contributed by atoms with E-state index in [2.05, 4.69) is 0 Å². The zero-order valence-electron chi connectivity index (χ0n) is 11.3. The molecule has 0 bridgehead atoms. The molecule has 0 aliphatic carbocycles. The fraction of sp³-hybridized carbons (Fsp3) is 0.0667. The molecule has 1 heterocycles. The van der Waals surface area contributed by atoms with E-state index in [0.717, 1.165) is 24.3 Å². The molecule has 0 saturated heterocycles. The van der Waals surface area contributed by atoms with E-state index < -0.39 is 44.3 Å². The number of fused-ring (bicyclic) bond motifs is 1. The minimum atomic E-state index is -3.83. The first-order valence-corrected chi connectivity index (χ1v) is 7.94. The van der Waals surface area contributed by atoms with Crippen LogP contribution >= 0.6 is 0 Å². The summed E-state index contributed by atoms with van der Waals surface area (Å²) in [7, 11) is -3.83. The third-order valence-corrected chi connectivity index (χ3v) is 4.88. The Balaban J connectivity index is 2.07. The highest BCUT2D eigenvalue weighted by Crippen LogP contribution is 2.35. The molecule has 5 nitrogen and oxygen atoms in total. The van der Waals surface area contributed by atoms with Crippen LogP contribution in [0.25, 0.3) is 0 Å². The Kier molecular flexibility index (Phi) is 3.38. The third kappa shape index (κ3) is 2.55. The Morgan fingerprint density at radius 3 is 2.61 bits per heavy atom. The summed E-state index contributed by atoms with van der Waals surface area (Å²) >= 11 is 0. The van der Waals surface area contributed by atoms with Crippen molar-refractivity contribution in [2.75, 3.05) is 5.75 Å². The van der Waals surface area contributed by atoms with Crippen molar-refractivity contribution in [1.29, 1.82) is 5.26 Å². The predicted octanol–water partition coefficient (Wildman–Crippen LogP) is 2.60. The van der Waals surface area contributed by atoms with Crippen LogP contribution in [0, 0.1) is 23.0 Å². The van der Waals surface area contributed by atoms with Crippen LogP contribution in [0.5, 0.6) is 11.5 Å². The van der Waals surface area contributed by atoms with Crippen molar-refractivity contribution in [3.05, 3.63) is 53.1 Å². The number of hydrogen-bond acceptors (Lipinski definition) is 5. The van der Waals surface area contributed by atoms with Crippen LogP contribution in [0.4, 0.5) is 8.78 Å². The minimum Gasteiger partial charge on any atom is -0.454 e. The average Bonchev–Trinajstić information content (AvgIpc) is 2.71. The summed E-state index contributed by atoms with van der Waals surface area (Å²) < 4.78 is 56.3. The van der Waals surface area contributed by atoms with Crippen molar-refractivity contribution in [2.24, 2.45) is 0 Å². The second kappa shape index (κ2) is 5.14. The minimum absolute atomic E-state index is 0.0276. The van der Waals surface area contributed by atoms with Gasteiger partial charge in [0.15, 0.2) is 27.2 Å². The molecule has 3 rings (SSSR count). The number of carbonyl (C=O) groups excluding carboxylic acids is 1. The first kappa shape index (κ1) is 15.1.